The molecule has 2 fully saturated rings. The summed E-state index contributed by atoms with van der Waals surface area (Å²) >= 11 is 0. The van der Waals surface area contributed by atoms with Crippen molar-refractivity contribution in [2.24, 2.45) is 0 Å². The van der Waals surface area contributed by atoms with E-state index in [2.05, 4.69) is 10.2 Å². The van der Waals surface area contributed by atoms with Crippen molar-refractivity contribution in [3.05, 3.63) is 59.2 Å². The zero-order chi connectivity index (χ0) is 22.2. The van der Waals surface area contributed by atoms with Crippen LogP contribution in [0.25, 0.3) is 0 Å². The summed E-state index contributed by atoms with van der Waals surface area (Å²) in [7, 11) is 0. The van der Waals surface area contributed by atoms with Crippen LogP contribution >= 0.6 is 0 Å². The molecule has 3 heterocycles. The zero-order valence-corrected chi connectivity index (χ0v) is 17.6. The molecule has 0 radical (unpaired) electrons. The van der Waals surface area contributed by atoms with Gasteiger partial charge in [0.15, 0.2) is 0 Å². The van der Waals surface area contributed by atoms with E-state index in [1.807, 2.05) is 18.2 Å². The summed E-state index contributed by atoms with van der Waals surface area (Å²) in [6, 6.07) is 12.2. The molecule has 0 aliphatic carbocycles. The first-order valence-electron chi connectivity index (χ1n) is 10.9. The summed E-state index contributed by atoms with van der Waals surface area (Å²) < 4.78 is 5.92. The highest BCUT2D eigenvalue weighted by atomic mass is 16.5. The number of rotatable bonds is 6. The van der Waals surface area contributed by atoms with Gasteiger partial charge in [0.25, 0.3) is 5.91 Å². The molecule has 8 nitrogen and oxygen atoms in total. The molecule has 2 N–H and O–H groups in total. The molecule has 2 aromatic carbocycles. The molecule has 0 spiro atoms. The predicted octanol–water partition coefficient (Wildman–Crippen LogP) is 1.63. The smallest absolute Gasteiger partial charge is 0.255 e. The highest BCUT2D eigenvalue weighted by Gasteiger charge is 2.39. The first kappa shape index (κ1) is 20.5. The lowest BCUT2D eigenvalue weighted by Crippen LogP contribution is -2.52. The molecule has 1 unspecified atom stereocenters. The Morgan fingerprint density at radius 2 is 1.84 bits per heavy atom. The van der Waals surface area contributed by atoms with Gasteiger partial charge in [-0.1, -0.05) is 12.1 Å². The molecule has 2 aromatic rings. The minimum absolute atomic E-state index is 0.179. The van der Waals surface area contributed by atoms with Gasteiger partial charge in [0.2, 0.25) is 11.8 Å². The molecule has 0 bridgehead atoms. The molecule has 0 saturated carbocycles. The Morgan fingerprint density at radius 3 is 2.59 bits per heavy atom. The number of piperidine rings is 1. The normalized spacial score (nSPS) is 21.3. The van der Waals surface area contributed by atoms with Gasteiger partial charge in [-0.15, -0.1) is 0 Å². The third kappa shape index (κ3) is 3.93. The molecular formula is C24H25N3O5. The third-order valence-corrected chi connectivity index (χ3v) is 6.49. The third-order valence-electron chi connectivity index (χ3n) is 6.49. The van der Waals surface area contributed by atoms with E-state index >= 15 is 0 Å². The lowest BCUT2D eigenvalue weighted by molar-refractivity contribution is -0.136. The second-order valence-corrected chi connectivity index (χ2v) is 8.62. The predicted molar refractivity (Wildman–Crippen MR) is 115 cm³/mol. The molecule has 32 heavy (non-hydrogen) atoms. The van der Waals surface area contributed by atoms with Crippen LogP contribution in [-0.2, 0) is 16.1 Å². The van der Waals surface area contributed by atoms with Crippen molar-refractivity contribution in [3.63, 3.8) is 0 Å². The van der Waals surface area contributed by atoms with E-state index in [1.54, 1.807) is 29.2 Å². The number of nitrogens with one attached hydrogen (secondary N) is 1. The number of phenolic OH excluding ortho intramolecular Hbond substituents is 1. The van der Waals surface area contributed by atoms with E-state index in [-0.39, 0.29) is 24.0 Å². The van der Waals surface area contributed by atoms with Crippen LogP contribution in [0, 0.1) is 0 Å². The fourth-order valence-electron chi connectivity index (χ4n) is 4.64. The van der Waals surface area contributed by atoms with Crippen molar-refractivity contribution in [3.8, 4) is 11.5 Å². The molecular weight excluding hydrogens is 410 g/mol. The molecule has 2 saturated heterocycles. The molecule has 5 rings (SSSR count). The number of imide groups is 1. The van der Waals surface area contributed by atoms with E-state index in [4.69, 9.17) is 4.74 Å². The minimum atomic E-state index is -0.607. The first-order chi connectivity index (χ1) is 15.5. The Bertz CT molecular complexity index is 1060. The second-order valence-electron chi connectivity index (χ2n) is 8.62. The molecule has 3 aliphatic heterocycles. The van der Waals surface area contributed by atoms with Gasteiger partial charge < -0.3 is 14.7 Å². The summed E-state index contributed by atoms with van der Waals surface area (Å²) in [6.07, 6.45) is 0.601. The molecule has 1 atom stereocenters. The van der Waals surface area contributed by atoms with Crippen molar-refractivity contribution in [1.82, 2.24) is 15.1 Å². The Balaban J connectivity index is 1.12. The second kappa shape index (κ2) is 8.27. The molecule has 3 amide bonds. The van der Waals surface area contributed by atoms with Gasteiger partial charge in [0.1, 0.15) is 24.1 Å². The van der Waals surface area contributed by atoms with Gasteiger partial charge >= 0.3 is 0 Å². The zero-order valence-electron chi connectivity index (χ0n) is 17.6. The Kier molecular flexibility index (Phi) is 5.30. The van der Waals surface area contributed by atoms with Crippen LogP contribution in [0.5, 0.6) is 11.5 Å². The fourth-order valence-corrected chi connectivity index (χ4v) is 4.64. The number of likely N-dealkylation sites (tertiary alicyclic amines) is 1. The Hall–Kier alpha value is -3.39. The van der Waals surface area contributed by atoms with Crippen LogP contribution in [0.4, 0.5) is 0 Å². The number of amides is 3. The average molecular weight is 435 g/mol. The summed E-state index contributed by atoms with van der Waals surface area (Å²) in [5.74, 6) is 0.607. The van der Waals surface area contributed by atoms with E-state index in [1.165, 1.54) is 5.56 Å². The van der Waals surface area contributed by atoms with E-state index in [0.717, 1.165) is 25.2 Å². The number of fused-ring (bicyclic) bond motifs is 1. The van der Waals surface area contributed by atoms with Gasteiger partial charge in [-0.05, 0) is 47.9 Å². The van der Waals surface area contributed by atoms with Crippen LogP contribution in [0.3, 0.4) is 0 Å². The number of carbonyl (C=O) groups is 3. The highest BCUT2D eigenvalue weighted by molar-refractivity contribution is 6.05. The number of phenols is 1. The largest absolute Gasteiger partial charge is 0.508 e. The van der Waals surface area contributed by atoms with Gasteiger partial charge in [-0.25, -0.2) is 0 Å². The average Bonchev–Trinajstić information content (AvgIpc) is 3.06. The van der Waals surface area contributed by atoms with Gasteiger partial charge in [-0.3, -0.25) is 24.6 Å². The Morgan fingerprint density at radius 1 is 1.06 bits per heavy atom. The van der Waals surface area contributed by atoms with Crippen molar-refractivity contribution in [2.45, 2.75) is 31.3 Å². The fraction of sp³-hybridized carbons (Fsp3) is 0.375. The van der Waals surface area contributed by atoms with Crippen molar-refractivity contribution in [1.29, 1.82) is 0 Å². The number of hydrogen-bond acceptors (Lipinski definition) is 6. The summed E-state index contributed by atoms with van der Waals surface area (Å²) in [6.45, 7) is 3.64. The van der Waals surface area contributed by atoms with E-state index in [0.29, 0.717) is 36.8 Å². The number of benzene rings is 2. The molecule has 0 aromatic heterocycles. The quantitative estimate of drug-likeness (QED) is 0.670. The molecule has 8 heteroatoms. The maximum atomic E-state index is 12.8. The monoisotopic (exact) mass is 435 g/mol. The number of hydrogen-bond donors (Lipinski definition) is 2. The summed E-state index contributed by atoms with van der Waals surface area (Å²) in [5.41, 5.74) is 2.67. The Labute approximate surface area is 185 Å². The van der Waals surface area contributed by atoms with E-state index < -0.39 is 11.9 Å². The van der Waals surface area contributed by atoms with Crippen LogP contribution in [0.15, 0.2) is 42.5 Å². The number of nitrogens with zero attached hydrogens (tertiary/aromatic N) is 2. The minimum Gasteiger partial charge on any atom is -0.508 e. The van der Waals surface area contributed by atoms with Gasteiger partial charge in [0, 0.05) is 44.1 Å². The maximum absolute atomic E-state index is 12.8. The number of carbonyl (C=O) groups excluding carboxylic acids is 3. The number of aromatic hydroxyl groups is 1. The SMILES string of the molecule is O=C1CCC(N2Cc3cc(OCCN4CC(c5ccc(O)cc5)C4)ccc3C2=O)C(=O)N1. The van der Waals surface area contributed by atoms with Gasteiger partial charge in [0.05, 0.1) is 0 Å². The van der Waals surface area contributed by atoms with Crippen molar-refractivity contribution >= 4 is 17.7 Å². The van der Waals surface area contributed by atoms with E-state index in [9.17, 15) is 19.5 Å². The summed E-state index contributed by atoms with van der Waals surface area (Å²) in [5, 5.41) is 11.7. The van der Waals surface area contributed by atoms with Crippen molar-refractivity contribution < 1.29 is 24.2 Å². The van der Waals surface area contributed by atoms with Gasteiger partial charge in [-0.2, -0.15) is 0 Å². The van der Waals surface area contributed by atoms with Crippen molar-refractivity contribution in [2.75, 3.05) is 26.2 Å². The lowest BCUT2D eigenvalue weighted by atomic mass is 9.91. The highest BCUT2D eigenvalue weighted by Crippen LogP contribution is 2.31. The number of ether oxygens (including phenoxy) is 1. The van der Waals surface area contributed by atoms with Crippen LogP contribution in [0.1, 0.15) is 40.2 Å². The lowest BCUT2D eigenvalue weighted by Gasteiger charge is -2.39. The molecule has 3 aliphatic rings. The van der Waals surface area contributed by atoms with Crippen LogP contribution in [0.2, 0.25) is 0 Å². The maximum Gasteiger partial charge on any atom is 0.255 e. The van der Waals surface area contributed by atoms with Crippen LogP contribution in [-0.4, -0.2) is 64.9 Å². The summed E-state index contributed by atoms with van der Waals surface area (Å²) in [4.78, 5) is 40.2. The topological polar surface area (TPSA) is 99.2 Å². The standard InChI is InChI=1S/C24H25N3O5/c28-18-3-1-15(2-4-18)17-12-26(13-17)9-10-32-19-5-6-20-16(11-19)14-27(24(20)31)21-7-8-22(29)25-23(21)30/h1-6,11,17,21,28H,7-10,12-14H2,(H,25,29,30). The molecule has 166 valence electrons. The first-order valence-corrected chi connectivity index (χ1v) is 10.9. The van der Waals surface area contributed by atoms with Crippen LogP contribution < -0.4 is 10.1 Å².